The van der Waals surface area contributed by atoms with Gasteiger partial charge < -0.3 is 14.4 Å². The number of halogens is 2. The van der Waals surface area contributed by atoms with Crippen LogP contribution >= 0.6 is 0 Å². The van der Waals surface area contributed by atoms with Gasteiger partial charge in [-0.25, -0.2) is 4.98 Å². The quantitative estimate of drug-likeness (QED) is 0.455. The molecule has 1 aliphatic rings. The lowest BCUT2D eigenvalue weighted by Gasteiger charge is -2.30. The maximum Gasteiger partial charge on any atom is 0.387 e. The van der Waals surface area contributed by atoms with Crippen LogP contribution < -0.4 is 15.0 Å². The molecule has 8 heteroatoms. The standard InChI is InChI=1S/C25H29F2N3O3/c1-17-5-3-12-29(16-17)13-4-14-32-20-8-6-19(7-9-20)30-18(2)28-23-11-10-21(33-25(26)27)15-22(23)24(30)31/h6-11,15,17,25H,3-5,12-14,16H2,1-2H3/t17-/m0/s1. The summed E-state index contributed by atoms with van der Waals surface area (Å²) in [4.78, 5) is 20.1. The lowest BCUT2D eigenvalue weighted by molar-refractivity contribution is -0.0497. The fraction of sp³-hybridized carbons (Fsp3) is 0.440. The van der Waals surface area contributed by atoms with Crippen LogP contribution in [0.25, 0.3) is 16.6 Å². The van der Waals surface area contributed by atoms with Crippen molar-refractivity contribution in [2.24, 2.45) is 5.92 Å². The second-order valence-corrected chi connectivity index (χ2v) is 8.60. The molecule has 1 aromatic heterocycles. The summed E-state index contributed by atoms with van der Waals surface area (Å²) in [5.74, 6) is 1.93. The number of likely N-dealkylation sites (tertiary alicyclic amines) is 1. The van der Waals surface area contributed by atoms with Gasteiger partial charge in [-0.2, -0.15) is 8.78 Å². The Bertz CT molecular complexity index is 1150. The highest BCUT2D eigenvalue weighted by Crippen LogP contribution is 2.21. The van der Waals surface area contributed by atoms with E-state index in [2.05, 4.69) is 21.5 Å². The molecule has 6 nitrogen and oxygen atoms in total. The van der Waals surface area contributed by atoms with Crippen LogP contribution in [-0.2, 0) is 0 Å². The smallest absolute Gasteiger partial charge is 0.387 e. The van der Waals surface area contributed by atoms with Gasteiger partial charge in [0.25, 0.3) is 5.56 Å². The zero-order valence-electron chi connectivity index (χ0n) is 19.0. The zero-order chi connectivity index (χ0) is 23.4. The SMILES string of the molecule is Cc1nc2ccc(OC(F)F)cc2c(=O)n1-c1ccc(OCCCN2CCC[C@H](C)C2)cc1. The molecule has 2 heterocycles. The third kappa shape index (κ3) is 5.68. The number of hydrogen-bond donors (Lipinski definition) is 0. The van der Waals surface area contributed by atoms with Gasteiger partial charge in [0.1, 0.15) is 17.3 Å². The van der Waals surface area contributed by atoms with E-state index in [0.29, 0.717) is 23.6 Å². The van der Waals surface area contributed by atoms with Crippen molar-refractivity contribution in [1.82, 2.24) is 14.5 Å². The van der Waals surface area contributed by atoms with E-state index in [-0.39, 0.29) is 16.7 Å². The Morgan fingerprint density at radius 2 is 1.91 bits per heavy atom. The molecule has 0 spiro atoms. The summed E-state index contributed by atoms with van der Waals surface area (Å²) in [5.41, 5.74) is 0.710. The average Bonchev–Trinajstić information content (AvgIpc) is 2.78. The summed E-state index contributed by atoms with van der Waals surface area (Å²) in [6, 6.07) is 11.4. The van der Waals surface area contributed by atoms with Crippen molar-refractivity contribution in [2.45, 2.75) is 39.7 Å². The van der Waals surface area contributed by atoms with Crippen molar-refractivity contribution in [3.8, 4) is 17.2 Å². The maximum atomic E-state index is 13.1. The highest BCUT2D eigenvalue weighted by Gasteiger charge is 2.16. The van der Waals surface area contributed by atoms with E-state index < -0.39 is 6.61 Å². The molecule has 0 aliphatic carbocycles. The van der Waals surface area contributed by atoms with Crippen LogP contribution in [0.1, 0.15) is 32.0 Å². The van der Waals surface area contributed by atoms with Gasteiger partial charge in [0, 0.05) is 13.1 Å². The number of rotatable bonds is 8. The summed E-state index contributed by atoms with van der Waals surface area (Å²) < 4.78 is 36.9. The minimum Gasteiger partial charge on any atom is -0.494 e. The Hall–Kier alpha value is -3.00. The lowest BCUT2D eigenvalue weighted by atomic mass is 10.0. The Morgan fingerprint density at radius 1 is 1.15 bits per heavy atom. The maximum absolute atomic E-state index is 13.1. The number of aryl methyl sites for hydroxylation is 1. The number of aromatic nitrogens is 2. The highest BCUT2D eigenvalue weighted by atomic mass is 19.3. The van der Waals surface area contributed by atoms with Crippen LogP contribution in [0.3, 0.4) is 0 Å². The third-order valence-electron chi connectivity index (χ3n) is 5.96. The molecule has 0 bridgehead atoms. The molecule has 4 rings (SSSR count). The fourth-order valence-corrected chi connectivity index (χ4v) is 4.42. The summed E-state index contributed by atoms with van der Waals surface area (Å²) in [6.07, 6.45) is 3.55. The van der Waals surface area contributed by atoms with Crippen molar-refractivity contribution in [2.75, 3.05) is 26.2 Å². The number of fused-ring (bicyclic) bond motifs is 1. The van der Waals surface area contributed by atoms with Crippen LogP contribution in [0.15, 0.2) is 47.3 Å². The summed E-state index contributed by atoms with van der Waals surface area (Å²) in [7, 11) is 0. The van der Waals surface area contributed by atoms with Crippen LogP contribution in [0.5, 0.6) is 11.5 Å². The van der Waals surface area contributed by atoms with Gasteiger partial charge in [0.15, 0.2) is 0 Å². The van der Waals surface area contributed by atoms with E-state index in [9.17, 15) is 13.6 Å². The van der Waals surface area contributed by atoms with E-state index in [1.807, 2.05) is 12.1 Å². The van der Waals surface area contributed by atoms with Crippen molar-refractivity contribution in [3.05, 3.63) is 58.6 Å². The number of alkyl halides is 2. The van der Waals surface area contributed by atoms with E-state index in [4.69, 9.17) is 4.74 Å². The first kappa shape index (κ1) is 23.2. The van der Waals surface area contributed by atoms with Crippen molar-refractivity contribution in [3.63, 3.8) is 0 Å². The minimum atomic E-state index is -2.96. The molecule has 0 amide bonds. The largest absolute Gasteiger partial charge is 0.494 e. The number of ether oxygens (including phenoxy) is 2. The van der Waals surface area contributed by atoms with Crippen LogP contribution in [0.2, 0.25) is 0 Å². The van der Waals surface area contributed by atoms with Crippen LogP contribution in [0.4, 0.5) is 8.78 Å². The molecule has 33 heavy (non-hydrogen) atoms. The Kier molecular flexibility index (Phi) is 7.23. The molecule has 0 saturated carbocycles. The Labute approximate surface area is 191 Å². The molecule has 1 atom stereocenters. The van der Waals surface area contributed by atoms with Gasteiger partial charge >= 0.3 is 6.61 Å². The lowest BCUT2D eigenvalue weighted by Crippen LogP contribution is -2.35. The van der Waals surface area contributed by atoms with Crippen LogP contribution in [0, 0.1) is 12.8 Å². The minimum absolute atomic E-state index is 0.0745. The van der Waals surface area contributed by atoms with Crippen LogP contribution in [-0.4, -0.2) is 47.3 Å². The van der Waals surface area contributed by atoms with E-state index >= 15 is 0 Å². The summed E-state index contributed by atoms with van der Waals surface area (Å²) >= 11 is 0. The number of nitrogens with zero attached hydrogens (tertiary/aromatic N) is 3. The topological polar surface area (TPSA) is 56.6 Å². The average molecular weight is 458 g/mol. The summed E-state index contributed by atoms with van der Waals surface area (Å²) in [6.45, 7) is 5.08. The molecular formula is C25H29F2N3O3. The van der Waals surface area contributed by atoms with Crippen molar-refractivity contribution < 1.29 is 18.3 Å². The predicted molar refractivity (Wildman–Crippen MR) is 124 cm³/mol. The predicted octanol–water partition coefficient (Wildman–Crippen LogP) is 4.80. The first-order valence-electron chi connectivity index (χ1n) is 11.3. The van der Waals surface area contributed by atoms with Gasteiger partial charge in [-0.1, -0.05) is 6.92 Å². The molecule has 0 N–H and O–H groups in total. The molecule has 1 saturated heterocycles. The second kappa shape index (κ2) is 10.3. The molecule has 2 aromatic carbocycles. The monoisotopic (exact) mass is 457 g/mol. The number of hydrogen-bond acceptors (Lipinski definition) is 5. The fourth-order valence-electron chi connectivity index (χ4n) is 4.42. The molecule has 1 fully saturated rings. The van der Waals surface area contributed by atoms with Crippen molar-refractivity contribution >= 4 is 10.9 Å². The number of piperidine rings is 1. The van der Waals surface area contributed by atoms with E-state index in [1.54, 1.807) is 19.1 Å². The second-order valence-electron chi connectivity index (χ2n) is 8.60. The number of benzene rings is 2. The van der Waals surface area contributed by atoms with Gasteiger partial charge in [-0.3, -0.25) is 9.36 Å². The van der Waals surface area contributed by atoms with E-state index in [0.717, 1.165) is 24.6 Å². The molecule has 1 aliphatic heterocycles. The normalized spacial score (nSPS) is 16.9. The highest BCUT2D eigenvalue weighted by molar-refractivity contribution is 5.79. The van der Waals surface area contributed by atoms with Gasteiger partial charge in [-0.15, -0.1) is 0 Å². The molecule has 3 aromatic rings. The molecule has 0 unspecified atom stereocenters. The first-order chi connectivity index (χ1) is 15.9. The molecule has 176 valence electrons. The molecular weight excluding hydrogens is 428 g/mol. The summed E-state index contributed by atoms with van der Waals surface area (Å²) in [5, 5.41) is 0.214. The van der Waals surface area contributed by atoms with Gasteiger partial charge in [0.05, 0.1) is 23.2 Å². The Balaban J connectivity index is 1.44. The third-order valence-corrected chi connectivity index (χ3v) is 5.96. The zero-order valence-corrected chi connectivity index (χ0v) is 19.0. The van der Waals surface area contributed by atoms with Gasteiger partial charge in [0.2, 0.25) is 0 Å². The Morgan fingerprint density at radius 3 is 2.64 bits per heavy atom. The first-order valence-corrected chi connectivity index (χ1v) is 11.3. The molecule has 0 radical (unpaired) electrons. The van der Waals surface area contributed by atoms with E-state index in [1.165, 1.54) is 48.7 Å². The van der Waals surface area contributed by atoms with Gasteiger partial charge in [-0.05, 0) is 81.1 Å². The van der Waals surface area contributed by atoms with Crippen molar-refractivity contribution in [1.29, 1.82) is 0 Å².